The lowest BCUT2D eigenvalue weighted by molar-refractivity contribution is 0.478. The molecule has 0 atom stereocenters. The largest absolute Gasteiger partial charge is 0.286 e. The van der Waals surface area contributed by atoms with E-state index in [0.717, 1.165) is 12.8 Å². The van der Waals surface area contributed by atoms with Crippen LogP contribution in [0.4, 0.5) is 0 Å². The third-order valence-corrected chi connectivity index (χ3v) is 5.56. The summed E-state index contributed by atoms with van der Waals surface area (Å²) < 4.78 is 29.7. The standard InChI is InChI=1S/C20H42O3S/c1-2-3-4-5-6-7-8-9-10-11-12-13-14-15-16-17-18-19-20-24(21,22)23/h2-20H2,1H3,(H,21,22,23). The molecule has 0 aliphatic rings. The topological polar surface area (TPSA) is 54.4 Å². The third kappa shape index (κ3) is 21.9. The van der Waals surface area contributed by atoms with E-state index in [2.05, 4.69) is 6.92 Å². The summed E-state index contributed by atoms with van der Waals surface area (Å²) in [7, 11) is -3.75. The molecule has 0 spiro atoms. The third-order valence-electron chi connectivity index (χ3n) is 4.76. The molecule has 24 heavy (non-hydrogen) atoms. The molecule has 0 fully saturated rings. The van der Waals surface area contributed by atoms with Crippen LogP contribution in [0, 0.1) is 0 Å². The molecule has 0 aromatic heterocycles. The van der Waals surface area contributed by atoms with Gasteiger partial charge >= 0.3 is 0 Å². The first-order chi connectivity index (χ1) is 11.6. The van der Waals surface area contributed by atoms with Crippen LogP contribution in [0.1, 0.15) is 122 Å². The van der Waals surface area contributed by atoms with E-state index in [-0.39, 0.29) is 5.75 Å². The zero-order chi connectivity index (χ0) is 17.9. The van der Waals surface area contributed by atoms with Crippen LogP contribution in [0.25, 0.3) is 0 Å². The fraction of sp³-hybridized carbons (Fsp3) is 1.00. The molecular formula is C20H42O3S. The van der Waals surface area contributed by atoms with Crippen molar-refractivity contribution in [2.75, 3.05) is 5.75 Å². The Morgan fingerprint density at radius 1 is 0.500 bits per heavy atom. The fourth-order valence-corrected chi connectivity index (χ4v) is 3.76. The van der Waals surface area contributed by atoms with Crippen LogP contribution in [-0.2, 0) is 10.1 Å². The van der Waals surface area contributed by atoms with Crippen molar-refractivity contribution >= 4 is 10.1 Å². The Bertz CT molecular complexity index is 339. The predicted octanol–water partition coefficient (Wildman–Crippen LogP) is 6.92. The number of rotatable bonds is 19. The average molecular weight is 363 g/mol. The van der Waals surface area contributed by atoms with Gasteiger partial charge in [-0.3, -0.25) is 4.55 Å². The van der Waals surface area contributed by atoms with Crippen molar-refractivity contribution in [1.82, 2.24) is 0 Å². The van der Waals surface area contributed by atoms with E-state index in [4.69, 9.17) is 4.55 Å². The van der Waals surface area contributed by atoms with E-state index < -0.39 is 10.1 Å². The zero-order valence-electron chi connectivity index (χ0n) is 16.1. The van der Waals surface area contributed by atoms with Gasteiger partial charge in [0.15, 0.2) is 0 Å². The summed E-state index contributed by atoms with van der Waals surface area (Å²) in [5, 5.41) is 0. The molecule has 1 N–H and O–H groups in total. The molecule has 0 rings (SSSR count). The fourth-order valence-electron chi connectivity index (χ4n) is 3.19. The van der Waals surface area contributed by atoms with Gasteiger partial charge in [0.1, 0.15) is 0 Å². The summed E-state index contributed by atoms with van der Waals surface area (Å²) in [5.74, 6) is -0.0776. The highest BCUT2D eigenvalue weighted by molar-refractivity contribution is 7.85. The van der Waals surface area contributed by atoms with Crippen molar-refractivity contribution in [2.24, 2.45) is 0 Å². The summed E-state index contributed by atoms with van der Waals surface area (Å²) in [5.41, 5.74) is 0. The SMILES string of the molecule is CCCCCCCCCCCCCCCCCCCCS(=O)(=O)O. The molecule has 4 heteroatoms. The van der Waals surface area contributed by atoms with Crippen LogP contribution in [0.5, 0.6) is 0 Å². The smallest absolute Gasteiger partial charge is 0.264 e. The number of hydrogen-bond acceptors (Lipinski definition) is 2. The minimum absolute atomic E-state index is 0.0776. The van der Waals surface area contributed by atoms with Crippen LogP contribution in [-0.4, -0.2) is 18.7 Å². The van der Waals surface area contributed by atoms with Crippen LogP contribution in [0.2, 0.25) is 0 Å². The van der Waals surface area contributed by atoms with Crippen molar-refractivity contribution in [2.45, 2.75) is 122 Å². The predicted molar refractivity (Wildman–Crippen MR) is 105 cm³/mol. The van der Waals surface area contributed by atoms with Crippen molar-refractivity contribution in [3.63, 3.8) is 0 Å². The van der Waals surface area contributed by atoms with Gasteiger partial charge in [-0.25, -0.2) is 0 Å². The molecule has 3 nitrogen and oxygen atoms in total. The molecule has 0 bridgehead atoms. The van der Waals surface area contributed by atoms with Crippen LogP contribution in [0.15, 0.2) is 0 Å². The second-order valence-corrected chi connectivity index (χ2v) is 8.87. The summed E-state index contributed by atoms with van der Waals surface area (Å²) >= 11 is 0. The number of hydrogen-bond donors (Lipinski definition) is 1. The van der Waals surface area contributed by atoms with E-state index in [0.29, 0.717) is 6.42 Å². The Balaban J connectivity index is 3.03. The molecule has 0 amide bonds. The Hall–Kier alpha value is -0.0900. The summed E-state index contributed by atoms with van der Waals surface area (Å²) in [6.45, 7) is 2.27. The van der Waals surface area contributed by atoms with Crippen LogP contribution in [0.3, 0.4) is 0 Å². The molecule has 0 saturated heterocycles. The van der Waals surface area contributed by atoms with E-state index in [1.807, 2.05) is 0 Å². The normalized spacial score (nSPS) is 11.9. The molecule has 0 radical (unpaired) electrons. The first kappa shape index (κ1) is 23.9. The highest BCUT2D eigenvalue weighted by Gasteiger charge is 2.02. The van der Waals surface area contributed by atoms with Gasteiger partial charge in [0.2, 0.25) is 0 Å². The zero-order valence-corrected chi connectivity index (χ0v) is 16.9. The lowest BCUT2D eigenvalue weighted by Gasteiger charge is -2.03. The first-order valence-electron chi connectivity index (χ1n) is 10.5. The highest BCUT2D eigenvalue weighted by atomic mass is 32.2. The van der Waals surface area contributed by atoms with Gasteiger partial charge in [-0.15, -0.1) is 0 Å². The van der Waals surface area contributed by atoms with Gasteiger partial charge in [-0.05, 0) is 6.42 Å². The van der Waals surface area contributed by atoms with Crippen LogP contribution >= 0.6 is 0 Å². The Morgan fingerprint density at radius 3 is 1.00 bits per heavy atom. The lowest BCUT2D eigenvalue weighted by Crippen LogP contribution is -2.03. The second-order valence-electron chi connectivity index (χ2n) is 7.30. The van der Waals surface area contributed by atoms with E-state index in [9.17, 15) is 8.42 Å². The van der Waals surface area contributed by atoms with Gasteiger partial charge < -0.3 is 0 Å². The van der Waals surface area contributed by atoms with E-state index in [1.165, 1.54) is 96.3 Å². The maximum Gasteiger partial charge on any atom is 0.264 e. The molecule has 0 heterocycles. The summed E-state index contributed by atoms with van der Waals surface area (Å²) in [4.78, 5) is 0. The average Bonchev–Trinajstić information content (AvgIpc) is 2.52. The minimum atomic E-state index is -3.75. The van der Waals surface area contributed by atoms with Crippen molar-refractivity contribution in [3.05, 3.63) is 0 Å². The summed E-state index contributed by atoms with van der Waals surface area (Å²) in [6.07, 6.45) is 23.2. The van der Waals surface area contributed by atoms with Crippen LogP contribution < -0.4 is 0 Å². The molecule has 0 unspecified atom stereocenters. The van der Waals surface area contributed by atoms with Gasteiger partial charge in [-0.2, -0.15) is 8.42 Å². The van der Waals surface area contributed by atoms with Gasteiger partial charge in [0.25, 0.3) is 10.1 Å². The van der Waals surface area contributed by atoms with Gasteiger partial charge in [0, 0.05) is 0 Å². The second kappa shape index (κ2) is 17.7. The lowest BCUT2D eigenvalue weighted by atomic mass is 10.0. The van der Waals surface area contributed by atoms with Crippen molar-refractivity contribution in [1.29, 1.82) is 0 Å². The molecule has 0 aliphatic heterocycles. The first-order valence-corrected chi connectivity index (χ1v) is 12.1. The monoisotopic (exact) mass is 362 g/mol. The van der Waals surface area contributed by atoms with Gasteiger partial charge in [0.05, 0.1) is 5.75 Å². The van der Waals surface area contributed by atoms with E-state index in [1.54, 1.807) is 0 Å². The molecule has 0 aromatic carbocycles. The Labute approximate surface area is 151 Å². The minimum Gasteiger partial charge on any atom is -0.286 e. The maximum absolute atomic E-state index is 10.6. The molecule has 0 aromatic rings. The highest BCUT2D eigenvalue weighted by Crippen LogP contribution is 2.14. The molecule has 0 saturated carbocycles. The van der Waals surface area contributed by atoms with E-state index >= 15 is 0 Å². The Kier molecular flexibility index (Phi) is 17.7. The summed E-state index contributed by atoms with van der Waals surface area (Å²) in [6, 6.07) is 0. The molecule has 0 aliphatic carbocycles. The van der Waals surface area contributed by atoms with Gasteiger partial charge in [-0.1, -0.05) is 116 Å². The van der Waals surface area contributed by atoms with Crippen molar-refractivity contribution < 1.29 is 13.0 Å². The van der Waals surface area contributed by atoms with Crippen molar-refractivity contribution in [3.8, 4) is 0 Å². The Morgan fingerprint density at radius 2 is 0.750 bits per heavy atom. The molecule has 146 valence electrons. The molecular weight excluding hydrogens is 320 g/mol. The maximum atomic E-state index is 10.6. The quantitative estimate of drug-likeness (QED) is 0.200. The number of unbranched alkanes of at least 4 members (excludes halogenated alkanes) is 17.